The molecule has 6 nitrogen and oxygen atoms in total. The molecular formula is C19H17F3N2O4. The number of rotatable bonds is 5. The van der Waals surface area contributed by atoms with E-state index in [2.05, 4.69) is 9.47 Å². The van der Waals surface area contributed by atoms with Crippen LogP contribution in [-0.2, 0) is 4.74 Å². The van der Waals surface area contributed by atoms with Gasteiger partial charge in [-0.1, -0.05) is 6.07 Å². The van der Waals surface area contributed by atoms with Crippen LogP contribution in [-0.4, -0.2) is 28.8 Å². The van der Waals surface area contributed by atoms with Gasteiger partial charge in [0.05, 0.1) is 23.9 Å². The van der Waals surface area contributed by atoms with Gasteiger partial charge in [-0.3, -0.25) is 9.13 Å². The normalized spacial score (nSPS) is 11.4. The summed E-state index contributed by atoms with van der Waals surface area (Å²) in [6.07, 6.45) is 0. The van der Waals surface area contributed by atoms with Crippen molar-refractivity contribution in [3.8, 4) is 11.4 Å². The first-order valence-corrected chi connectivity index (χ1v) is 8.34. The van der Waals surface area contributed by atoms with Gasteiger partial charge in [-0.2, -0.15) is 8.78 Å². The number of fused-ring (bicyclic) bond motifs is 1. The van der Waals surface area contributed by atoms with Gasteiger partial charge in [-0.05, 0) is 38.1 Å². The first kappa shape index (κ1) is 19.5. The fraction of sp³-hybridized carbons (Fsp3) is 0.263. The van der Waals surface area contributed by atoms with Gasteiger partial charge in [0.1, 0.15) is 17.1 Å². The lowest BCUT2D eigenvalue weighted by Gasteiger charge is -2.08. The maximum atomic E-state index is 14.9. The number of imidazole rings is 1. The van der Waals surface area contributed by atoms with Crippen LogP contribution in [0.4, 0.5) is 13.2 Å². The van der Waals surface area contributed by atoms with Crippen molar-refractivity contribution in [1.29, 1.82) is 0 Å². The van der Waals surface area contributed by atoms with Crippen molar-refractivity contribution in [2.75, 3.05) is 7.11 Å². The highest BCUT2D eigenvalue weighted by Gasteiger charge is 2.22. The van der Waals surface area contributed by atoms with Gasteiger partial charge in [0.2, 0.25) is 0 Å². The van der Waals surface area contributed by atoms with Crippen molar-refractivity contribution in [3.63, 3.8) is 0 Å². The third-order valence-corrected chi connectivity index (χ3v) is 4.16. The summed E-state index contributed by atoms with van der Waals surface area (Å²) < 4.78 is 51.3. The maximum absolute atomic E-state index is 14.9. The van der Waals surface area contributed by atoms with Crippen molar-refractivity contribution >= 4 is 17.0 Å². The summed E-state index contributed by atoms with van der Waals surface area (Å²) in [6, 6.07) is 7.37. The number of carbonyl (C=O) groups excluding carboxylic acids is 1. The second kappa shape index (κ2) is 7.41. The van der Waals surface area contributed by atoms with Crippen molar-refractivity contribution in [1.82, 2.24) is 9.13 Å². The Labute approximate surface area is 157 Å². The molecule has 1 heterocycles. The molecule has 0 N–H and O–H groups in total. The first-order chi connectivity index (χ1) is 13.2. The zero-order valence-corrected chi connectivity index (χ0v) is 15.3. The van der Waals surface area contributed by atoms with Gasteiger partial charge < -0.3 is 9.47 Å². The topological polar surface area (TPSA) is 62.5 Å². The van der Waals surface area contributed by atoms with Crippen LogP contribution in [0.3, 0.4) is 0 Å². The largest absolute Gasteiger partial charge is 0.465 e. The Kier molecular flexibility index (Phi) is 5.17. The fourth-order valence-corrected chi connectivity index (χ4v) is 3.07. The Hall–Kier alpha value is -3.23. The first-order valence-electron chi connectivity index (χ1n) is 8.34. The Balaban J connectivity index is 2.34. The lowest BCUT2D eigenvalue weighted by atomic mass is 10.1. The highest BCUT2D eigenvalue weighted by Crippen LogP contribution is 2.27. The highest BCUT2D eigenvalue weighted by atomic mass is 19.3. The van der Waals surface area contributed by atoms with E-state index >= 15 is 0 Å². The van der Waals surface area contributed by atoms with Crippen LogP contribution < -0.4 is 10.4 Å². The van der Waals surface area contributed by atoms with Crippen molar-refractivity contribution in [2.45, 2.75) is 26.5 Å². The van der Waals surface area contributed by atoms with Gasteiger partial charge in [0.25, 0.3) is 0 Å². The summed E-state index contributed by atoms with van der Waals surface area (Å²) in [6.45, 7) is 0.414. The minimum Gasteiger partial charge on any atom is -0.465 e. The minimum absolute atomic E-state index is 0.0474. The zero-order valence-electron chi connectivity index (χ0n) is 15.3. The molecule has 0 aliphatic rings. The molecule has 0 unspecified atom stereocenters. The van der Waals surface area contributed by atoms with Crippen LogP contribution in [0.5, 0.6) is 5.75 Å². The van der Waals surface area contributed by atoms with E-state index in [1.54, 1.807) is 13.8 Å². The van der Waals surface area contributed by atoms with E-state index in [1.165, 1.54) is 42.0 Å². The minimum atomic E-state index is -3.04. The molecule has 28 heavy (non-hydrogen) atoms. The zero-order chi connectivity index (χ0) is 20.6. The molecule has 0 aliphatic carbocycles. The third kappa shape index (κ3) is 3.35. The van der Waals surface area contributed by atoms with E-state index in [1.807, 2.05) is 0 Å². The number of hydrogen-bond donors (Lipinski definition) is 0. The second-order valence-electron chi connectivity index (χ2n) is 6.27. The summed E-state index contributed by atoms with van der Waals surface area (Å²) in [7, 11) is 1.17. The number of carbonyl (C=O) groups is 1. The van der Waals surface area contributed by atoms with Crippen LogP contribution >= 0.6 is 0 Å². The van der Waals surface area contributed by atoms with Crippen molar-refractivity contribution in [3.05, 3.63) is 58.3 Å². The number of ether oxygens (including phenoxy) is 2. The van der Waals surface area contributed by atoms with Gasteiger partial charge in [-0.15, -0.1) is 0 Å². The van der Waals surface area contributed by atoms with E-state index in [4.69, 9.17) is 0 Å². The van der Waals surface area contributed by atoms with Gasteiger partial charge in [0, 0.05) is 12.1 Å². The van der Waals surface area contributed by atoms with Gasteiger partial charge >= 0.3 is 18.3 Å². The molecule has 3 rings (SSSR count). The lowest BCUT2D eigenvalue weighted by Crippen LogP contribution is -2.24. The summed E-state index contributed by atoms with van der Waals surface area (Å²) in [5.41, 5.74) is -0.382. The average Bonchev–Trinajstić information content (AvgIpc) is 2.93. The van der Waals surface area contributed by atoms with E-state index in [0.717, 1.165) is 10.6 Å². The number of methoxy groups -OCH3 is 1. The molecular weight excluding hydrogens is 377 g/mol. The highest BCUT2D eigenvalue weighted by molar-refractivity contribution is 5.94. The number of hydrogen-bond acceptors (Lipinski definition) is 4. The average molecular weight is 394 g/mol. The van der Waals surface area contributed by atoms with E-state index in [-0.39, 0.29) is 34.1 Å². The molecule has 0 amide bonds. The summed E-state index contributed by atoms with van der Waals surface area (Å²) in [5, 5.41) is 0. The van der Waals surface area contributed by atoms with Crippen LogP contribution in [0.1, 0.15) is 30.2 Å². The Bertz CT molecular complexity index is 1100. The maximum Gasteiger partial charge on any atom is 0.387 e. The van der Waals surface area contributed by atoms with Crippen molar-refractivity contribution in [2.24, 2.45) is 0 Å². The van der Waals surface area contributed by atoms with E-state index in [9.17, 15) is 22.8 Å². The van der Waals surface area contributed by atoms with Gasteiger partial charge in [-0.25, -0.2) is 14.0 Å². The molecule has 0 radical (unpaired) electrons. The number of nitrogens with zero attached hydrogens (tertiary/aromatic N) is 2. The number of benzene rings is 2. The monoisotopic (exact) mass is 394 g/mol. The smallest absolute Gasteiger partial charge is 0.387 e. The van der Waals surface area contributed by atoms with Crippen LogP contribution in [0.2, 0.25) is 0 Å². The molecule has 0 saturated heterocycles. The molecule has 9 heteroatoms. The lowest BCUT2D eigenvalue weighted by molar-refractivity contribution is -0.0498. The van der Waals surface area contributed by atoms with Crippen LogP contribution in [0.25, 0.3) is 16.7 Å². The SMILES string of the molecule is COC(=O)c1cc(F)c2c(c1)n(C(C)C)c(=O)n2-c1cccc(OC(F)F)c1. The van der Waals surface area contributed by atoms with Gasteiger partial charge in [0.15, 0.2) is 0 Å². The number of alkyl halides is 2. The second-order valence-corrected chi connectivity index (χ2v) is 6.27. The molecule has 2 aromatic carbocycles. The molecule has 1 aromatic heterocycles. The Morgan fingerprint density at radius 2 is 1.86 bits per heavy atom. The molecule has 0 fully saturated rings. The quantitative estimate of drug-likeness (QED) is 0.616. The molecule has 0 bridgehead atoms. The number of halogens is 3. The molecule has 0 saturated carbocycles. The Morgan fingerprint density at radius 3 is 2.46 bits per heavy atom. The summed E-state index contributed by atoms with van der Waals surface area (Å²) in [5.74, 6) is -1.74. The van der Waals surface area contributed by atoms with E-state index in [0.29, 0.717) is 0 Å². The number of aromatic nitrogens is 2. The molecule has 0 spiro atoms. The number of esters is 1. The van der Waals surface area contributed by atoms with E-state index < -0.39 is 24.1 Å². The van der Waals surface area contributed by atoms with Crippen LogP contribution in [0.15, 0.2) is 41.2 Å². The summed E-state index contributed by atoms with van der Waals surface area (Å²) >= 11 is 0. The fourth-order valence-electron chi connectivity index (χ4n) is 3.07. The molecule has 0 aliphatic heterocycles. The summed E-state index contributed by atoms with van der Waals surface area (Å²) in [4.78, 5) is 24.8. The Morgan fingerprint density at radius 1 is 1.14 bits per heavy atom. The molecule has 0 atom stereocenters. The van der Waals surface area contributed by atoms with Crippen LogP contribution in [0, 0.1) is 5.82 Å². The van der Waals surface area contributed by atoms with Crippen molar-refractivity contribution < 1.29 is 27.4 Å². The molecule has 148 valence electrons. The predicted octanol–water partition coefficient (Wildman–Crippen LogP) is 3.90. The molecule has 3 aromatic rings. The standard InChI is InChI=1S/C19H17F3N2O4/c1-10(2)23-15-8-11(17(25)27-3)7-14(20)16(15)24(19(23)26)12-5-4-6-13(9-12)28-18(21)22/h4-10,18H,1-3H3. The predicted molar refractivity (Wildman–Crippen MR) is 95.8 cm³/mol. The third-order valence-electron chi connectivity index (χ3n) is 4.16.